The van der Waals surface area contributed by atoms with Crippen LogP contribution in [0.3, 0.4) is 0 Å². The second-order valence-electron chi connectivity index (χ2n) is 7.55. The van der Waals surface area contributed by atoms with Gasteiger partial charge in [-0.3, -0.25) is 20.0 Å². The van der Waals surface area contributed by atoms with E-state index in [1.54, 1.807) is 12.1 Å². The van der Waals surface area contributed by atoms with Crippen LogP contribution >= 0.6 is 0 Å². The minimum absolute atomic E-state index is 0.194. The maximum absolute atomic E-state index is 15.0. The Balaban J connectivity index is 1.37. The molecule has 0 bridgehead atoms. The number of carbonyl (C=O) groups excluding carboxylic acids is 3. The molecule has 0 aliphatic carbocycles. The van der Waals surface area contributed by atoms with E-state index in [1.165, 1.54) is 35.2 Å². The van der Waals surface area contributed by atoms with Crippen molar-refractivity contribution in [2.24, 2.45) is 0 Å². The molecule has 33 heavy (non-hydrogen) atoms. The zero-order valence-corrected chi connectivity index (χ0v) is 17.9. The van der Waals surface area contributed by atoms with Gasteiger partial charge in [-0.2, -0.15) is 0 Å². The number of rotatable bonds is 5. The van der Waals surface area contributed by atoms with Crippen LogP contribution < -0.4 is 25.9 Å². The average Bonchev–Trinajstić information content (AvgIpc) is 3.35. The molecule has 13 heteroatoms. The minimum Gasteiger partial charge on any atom is -0.442 e. The summed E-state index contributed by atoms with van der Waals surface area (Å²) in [5.74, 6) is -0.420. The number of ether oxygens (including phenoxy) is 1. The quantitative estimate of drug-likeness (QED) is 0.604. The van der Waals surface area contributed by atoms with E-state index in [0.717, 1.165) is 0 Å². The van der Waals surface area contributed by atoms with Gasteiger partial charge in [0.25, 0.3) is 0 Å². The lowest BCUT2D eigenvalue weighted by Gasteiger charge is -2.24. The van der Waals surface area contributed by atoms with Crippen molar-refractivity contribution in [2.45, 2.75) is 13.0 Å². The lowest BCUT2D eigenvalue weighted by molar-refractivity contribution is -0.119. The number of aromatic nitrogens is 1. The van der Waals surface area contributed by atoms with Crippen LogP contribution in [-0.4, -0.2) is 73.6 Å². The number of hydrazine groups is 1. The number of nitrogens with one attached hydrogen (secondary N) is 3. The van der Waals surface area contributed by atoms with Gasteiger partial charge in [-0.25, -0.2) is 19.4 Å². The van der Waals surface area contributed by atoms with Crippen molar-refractivity contribution in [3.8, 4) is 0 Å². The summed E-state index contributed by atoms with van der Waals surface area (Å²) in [7, 11) is 0. The Bertz CT molecular complexity index is 1020. The van der Waals surface area contributed by atoms with Gasteiger partial charge in [-0.15, -0.1) is 0 Å². The molecule has 2 saturated heterocycles. The number of amides is 4. The largest absolute Gasteiger partial charge is 0.442 e. The van der Waals surface area contributed by atoms with E-state index < -0.39 is 24.0 Å². The Morgan fingerprint density at radius 1 is 1.27 bits per heavy atom. The second kappa shape index (κ2) is 9.73. The van der Waals surface area contributed by atoms with Gasteiger partial charge < -0.3 is 19.5 Å². The third kappa shape index (κ3) is 5.31. The summed E-state index contributed by atoms with van der Waals surface area (Å²) in [5, 5.41) is 10.2. The summed E-state index contributed by atoms with van der Waals surface area (Å²) in [6, 6.07) is 5.66. The molecule has 3 N–H and O–H groups in total. The van der Waals surface area contributed by atoms with Gasteiger partial charge >= 0.3 is 12.1 Å². The highest BCUT2D eigenvalue weighted by Crippen LogP contribution is 2.28. The van der Waals surface area contributed by atoms with E-state index in [1.807, 2.05) is 4.90 Å². The van der Waals surface area contributed by atoms with E-state index in [0.29, 0.717) is 43.4 Å². The van der Waals surface area contributed by atoms with Gasteiger partial charge in [0.15, 0.2) is 5.82 Å². The van der Waals surface area contributed by atoms with Crippen molar-refractivity contribution >= 4 is 35.2 Å². The Hall–Kier alpha value is -3.87. The molecule has 0 spiro atoms. The summed E-state index contributed by atoms with van der Waals surface area (Å²) < 4.78 is 24.9. The van der Waals surface area contributed by atoms with Crippen LogP contribution in [0.4, 0.5) is 31.2 Å². The van der Waals surface area contributed by atoms with Crippen molar-refractivity contribution in [1.29, 1.82) is 0 Å². The van der Waals surface area contributed by atoms with Crippen LogP contribution in [0.15, 0.2) is 35.1 Å². The number of urea groups is 1. The third-order valence-corrected chi connectivity index (χ3v) is 5.23. The number of halogens is 1. The molecule has 176 valence electrons. The second-order valence-corrected chi connectivity index (χ2v) is 7.55. The molecule has 3 heterocycles. The Morgan fingerprint density at radius 3 is 2.85 bits per heavy atom. The van der Waals surface area contributed by atoms with Crippen LogP contribution in [0.5, 0.6) is 0 Å². The fourth-order valence-corrected chi connectivity index (χ4v) is 3.62. The van der Waals surface area contributed by atoms with Gasteiger partial charge in [0, 0.05) is 32.6 Å². The highest BCUT2D eigenvalue weighted by atomic mass is 19.1. The van der Waals surface area contributed by atoms with Gasteiger partial charge in [0.2, 0.25) is 5.91 Å². The van der Waals surface area contributed by atoms with E-state index in [2.05, 4.69) is 21.2 Å². The first-order valence-corrected chi connectivity index (χ1v) is 10.4. The first kappa shape index (κ1) is 22.3. The third-order valence-electron chi connectivity index (χ3n) is 5.23. The standard InChI is InChI=1S/C20H24FN7O5/c1-13(29)22-11-15-12-27(20(31)33-15)14-2-3-17(16(21)10-14)26-6-5-23-28(8-7-26)19(30)24-18-4-9-32-25-18/h2-4,9-10,15,23H,5-8,11-12H2,1H3,(H,22,29)(H,24,25,30). The molecule has 4 rings (SSSR count). The highest BCUT2D eigenvalue weighted by Gasteiger charge is 2.33. The Kier molecular flexibility index (Phi) is 6.58. The van der Waals surface area contributed by atoms with E-state index >= 15 is 0 Å². The van der Waals surface area contributed by atoms with Crippen LogP contribution in [0, 0.1) is 5.82 Å². The first-order valence-electron chi connectivity index (χ1n) is 10.4. The fourth-order valence-electron chi connectivity index (χ4n) is 3.62. The normalized spacial score (nSPS) is 18.7. The van der Waals surface area contributed by atoms with E-state index in [4.69, 9.17) is 9.26 Å². The number of hydrogen-bond donors (Lipinski definition) is 3. The zero-order valence-electron chi connectivity index (χ0n) is 17.9. The fraction of sp³-hybridized carbons (Fsp3) is 0.400. The molecule has 0 radical (unpaired) electrons. The van der Waals surface area contributed by atoms with Gasteiger partial charge in [0.1, 0.15) is 18.2 Å². The molecule has 12 nitrogen and oxygen atoms in total. The minimum atomic E-state index is -0.592. The highest BCUT2D eigenvalue weighted by molar-refractivity contribution is 5.90. The van der Waals surface area contributed by atoms with E-state index in [-0.39, 0.29) is 19.0 Å². The van der Waals surface area contributed by atoms with Crippen LogP contribution in [0.25, 0.3) is 0 Å². The van der Waals surface area contributed by atoms with Crippen molar-refractivity contribution in [2.75, 3.05) is 54.4 Å². The summed E-state index contributed by atoms with van der Waals surface area (Å²) in [6.45, 7) is 3.35. The van der Waals surface area contributed by atoms with Crippen molar-refractivity contribution in [3.63, 3.8) is 0 Å². The predicted molar refractivity (Wildman–Crippen MR) is 115 cm³/mol. The number of benzene rings is 1. The van der Waals surface area contributed by atoms with Crippen LogP contribution in [-0.2, 0) is 9.53 Å². The number of cyclic esters (lactones) is 1. The molecule has 2 aliphatic heterocycles. The topological polar surface area (TPSA) is 132 Å². The number of carbonyl (C=O) groups is 3. The molecule has 0 saturated carbocycles. The van der Waals surface area contributed by atoms with Gasteiger partial charge in [-0.1, -0.05) is 5.16 Å². The van der Waals surface area contributed by atoms with Crippen LogP contribution in [0.2, 0.25) is 0 Å². The number of nitrogens with zero attached hydrogens (tertiary/aromatic N) is 4. The Labute approximate surface area is 188 Å². The lowest BCUT2D eigenvalue weighted by atomic mass is 10.2. The summed E-state index contributed by atoms with van der Waals surface area (Å²) in [5.41, 5.74) is 3.73. The van der Waals surface area contributed by atoms with Gasteiger partial charge in [-0.05, 0) is 18.2 Å². The average molecular weight is 461 g/mol. The van der Waals surface area contributed by atoms with E-state index in [9.17, 15) is 18.8 Å². The molecule has 4 amide bonds. The lowest BCUT2D eigenvalue weighted by Crippen LogP contribution is -2.46. The van der Waals surface area contributed by atoms with Crippen molar-refractivity contribution in [3.05, 3.63) is 36.3 Å². The molecule has 1 aromatic carbocycles. The molecule has 2 aliphatic rings. The van der Waals surface area contributed by atoms with Crippen molar-refractivity contribution < 1.29 is 28.0 Å². The number of hydrogen-bond acceptors (Lipinski definition) is 8. The zero-order chi connectivity index (χ0) is 23.4. The summed E-state index contributed by atoms with van der Waals surface area (Å²) in [6.07, 6.45) is 0.255. The van der Waals surface area contributed by atoms with Crippen LogP contribution in [0.1, 0.15) is 6.92 Å². The molecule has 1 unspecified atom stereocenters. The summed E-state index contributed by atoms with van der Waals surface area (Å²) >= 11 is 0. The Morgan fingerprint density at radius 2 is 2.12 bits per heavy atom. The molecular weight excluding hydrogens is 437 g/mol. The molecular formula is C20H24FN7O5. The summed E-state index contributed by atoms with van der Waals surface area (Å²) in [4.78, 5) is 38.8. The maximum atomic E-state index is 15.0. The maximum Gasteiger partial charge on any atom is 0.414 e. The molecule has 1 atom stereocenters. The number of anilines is 3. The molecule has 2 aromatic rings. The smallest absolute Gasteiger partial charge is 0.414 e. The monoisotopic (exact) mass is 461 g/mol. The molecule has 2 fully saturated rings. The first-order chi connectivity index (χ1) is 15.9. The molecule has 1 aromatic heterocycles. The predicted octanol–water partition coefficient (Wildman–Crippen LogP) is 1.13. The SMILES string of the molecule is CC(=O)NCC1CN(c2ccc(N3CCNN(C(=O)Nc4ccon4)CC3)c(F)c2)C(=O)O1. The van der Waals surface area contributed by atoms with Gasteiger partial charge in [0.05, 0.1) is 31.0 Å². The van der Waals surface area contributed by atoms with Crippen molar-refractivity contribution in [1.82, 2.24) is 20.9 Å².